The fraction of sp³-hybridized carbons (Fsp3) is 0.0625. The quantitative estimate of drug-likeness (QED) is 0.905. The molecule has 2 aromatic carbocycles. The van der Waals surface area contributed by atoms with Crippen molar-refractivity contribution in [3.05, 3.63) is 70.8 Å². The number of aromatic carboxylic acids is 1. The van der Waals surface area contributed by atoms with Gasteiger partial charge in [0.15, 0.2) is 5.84 Å². The van der Waals surface area contributed by atoms with E-state index in [1.165, 1.54) is 12.1 Å². The molecule has 0 aliphatic carbocycles. The molecule has 0 aromatic heterocycles. The molecule has 0 bridgehead atoms. The first kappa shape index (κ1) is 13.6. The molecule has 6 heteroatoms. The average molecular weight is 293 g/mol. The van der Waals surface area contributed by atoms with Crippen molar-refractivity contribution in [2.75, 3.05) is 0 Å². The molecular weight excluding hydrogens is 282 g/mol. The third-order valence-electron chi connectivity index (χ3n) is 3.24. The largest absolute Gasteiger partial charge is 0.478 e. The van der Waals surface area contributed by atoms with Crippen molar-refractivity contribution >= 4 is 11.8 Å². The van der Waals surface area contributed by atoms with Crippen LogP contribution in [0.4, 0.5) is 0 Å². The van der Waals surface area contributed by atoms with Gasteiger partial charge in [-0.15, -0.1) is 0 Å². The number of amidine groups is 1. The van der Waals surface area contributed by atoms with Gasteiger partial charge < -0.3 is 15.3 Å². The van der Waals surface area contributed by atoms with E-state index in [4.69, 9.17) is 15.2 Å². The molecule has 0 fully saturated rings. The first-order valence-corrected chi connectivity index (χ1v) is 6.51. The lowest BCUT2D eigenvalue weighted by Crippen LogP contribution is -2.23. The Kier molecular flexibility index (Phi) is 3.46. The smallest absolute Gasteiger partial charge is 0.335 e. The minimum absolute atomic E-state index is 0.184. The minimum Gasteiger partial charge on any atom is -0.478 e. The van der Waals surface area contributed by atoms with Crippen LogP contribution in [0, 0.1) is 11.3 Å². The maximum Gasteiger partial charge on any atom is 0.335 e. The number of rotatable bonds is 3. The number of nitriles is 1. The maximum absolute atomic E-state index is 11.0. The van der Waals surface area contributed by atoms with Crippen LogP contribution in [0.15, 0.2) is 53.7 Å². The van der Waals surface area contributed by atoms with Crippen LogP contribution in [0.25, 0.3) is 0 Å². The van der Waals surface area contributed by atoms with Crippen LogP contribution in [0.5, 0.6) is 0 Å². The van der Waals surface area contributed by atoms with Crippen LogP contribution in [-0.4, -0.2) is 16.9 Å². The third kappa shape index (κ3) is 2.60. The van der Waals surface area contributed by atoms with Crippen LogP contribution >= 0.6 is 0 Å². The number of carboxylic acids is 1. The highest BCUT2D eigenvalue weighted by molar-refractivity contribution is 6.01. The van der Waals surface area contributed by atoms with E-state index in [-0.39, 0.29) is 5.56 Å². The van der Waals surface area contributed by atoms with E-state index in [1.807, 2.05) is 0 Å². The highest BCUT2D eigenvalue weighted by Crippen LogP contribution is 2.21. The molecule has 1 atom stereocenters. The van der Waals surface area contributed by atoms with Gasteiger partial charge in [0.25, 0.3) is 0 Å². The van der Waals surface area contributed by atoms with Gasteiger partial charge in [-0.3, -0.25) is 0 Å². The second-order valence-electron chi connectivity index (χ2n) is 4.69. The lowest BCUT2D eigenvalue weighted by atomic mass is 10.1. The van der Waals surface area contributed by atoms with Crippen LogP contribution in [0.1, 0.15) is 33.3 Å². The lowest BCUT2D eigenvalue weighted by Gasteiger charge is -2.10. The molecule has 2 aromatic rings. The topological polar surface area (TPSA) is 94.7 Å². The van der Waals surface area contributed by atoms with Crippen molar-refractivity contribution in [1.29, 1.82) is 5.26 Å². The molecule has 0 amide bonds. The second kappa shape index (κ2) is 5.58. The van der Waals surface area contributed by atoms with Crippen molar-refractivity contribution in [3.63, 3.8) is 0 Å². The van der Waals surface area contributed by atoms with Gasteiger partial charge in [0.2, 0.25) is 6.23 Å². The van der Waals surface area contributed by atoms with Crippen LogP contribution in [-0.2, 0) is 4.84 Å². The molecule has 6 nitrogen and oxygen atoms in total. The van der Waals surface area contributed by atoms with E-state index in [0.29, 0.717) is 17.0 Å². The highest BCUT2D eigenvalue weighted by Gasteiger charge is 2.22. The highest BCUT2D eigenvalue weighted by atomic mass is 16.7. The summed E-state index contributed by atoms with van der Waals surface area (Å²) in [5.74, 6) is -0.525. The van der Waals surface area contributed by atoms with E-state index < -0.39 is 12.2 Å². The molecular formula is C16H11N3O3. The van der Waals surface area contributed by atoms with Crippen molar-refractivity contribution in [1.82, 2.24) is 5.32 Å². The molecule has 1 aliphatic rings. The first-order valence-electron chi connectivity index (χ1n) is 6.51. The van der Waals surface area contributed by atoms with E-state index in [1.54, 1.807) is 36.4 Å². The van der Waals surface area contributed by atoms with Gasteiger partial charge in [-0.2, -0.15) is 5.26 Å². The zero-order valence-electron chi connectivity index (χ0n) is 11.4. The third-order valence-corrected chi connectivity index (χ3v) is 3.24. The fourth-order valence-corrected chi connectivity index (χ4v) is 2.09. The van der Waals surface area contributed by atoms with Gasteiger partial charge >= 0.3 is 5.97 Å². The zero-order chi connectivity index (χ0) is 15.5. The summed E-state index contributed by atoms with van der Waals surface area (Å²) in [5.41, 5.74) is 2.21. The van der Waals surface area contributed by atoms with E-state index in [9.17, 15) is 4.79 Å². The summed E-state index contributed by atoms with van der Waals surface area (Å²) in [5, 5.41) is 24.8. The standard InChI is InChI=1S/C16H11N3O3/c17-9-10-4-6-11(7-5-10)15-18-14(19-22-15)12-2-1-3-13(8-12)16(20)21/h1-8,15H,(H,18,19)(H,20,21). The van der Waals surface area contributed by atoms with Gasteiger partial charge in [-0.05, 0) is 24.3 Å². The number of carboxylic acid groups (broad SMARTS) is 1. The molecule has 3 rings (SSSR count). The summed E-state index contributed by atoms with van der Waals surface area (Å²) in [7, 11) is 0. The molecule has 1 heterocycles. The van der Waals surface area contributed by atoms with Gasteiger partial charge in [0, 0.05) is 11.1 Å². The summed E-state index contributed by atoms with van der Waals surface area (Å²) in [6.45, 7) is 0. The number of nitrogens with zero attached hydrogens (tertiary/aromatic N) is 2. The van der Waals surface area contributed by atoms with Crippen molar-refractivity contribution < 1.29 is 14.7 Å². The Bertz CT molecular complexity index is 791. The molecule has 1 unspecified atom stereocenters. The Labute approximate surface area is 126 Å². The minimum atomic E-state index is -0.995. The van der Waals surface area contributed by atoms with Gasteiger partial charge in [0.1, 0.15) is 0 Å². The molecule has 0 saturated heterocycles. The second-order valence-corrected chi connectivity index (χ2v) is 4.69. The van der Waals surface area contributed by atoms with E-state index in [2.05, 4.69) is 16.5 Å². The van der Waals surface area contributed by atoms with Gasteiger partial charge in [-0.25, -0.2) is 4.79 Å². The van der Waals surface area contributed by atoms with Crippen LogP contribution in [0.2, 0.25) is 0 Å². The van der Waals surface area contributed by atoms with Gasteiger partial charge in [-0.1, -0.05) is 29.4 Å². The molecule has 1 aliphatic heterocycles. The van der Waals surface area contributed by atoms with Crippen molar-refractivity contribution in [2.45, 2.75) is 6.23 Å². The summed E-state index contributed by atoms with van der Waals surface area (Å²) in [6, 6.07) is 15.5. The fourth-order valence-electron chi connectivity index (χ4n) is 2.09. The average Bonchev–Trinajstić information content (AvgIpc) is 3.05. The molecule has 0 radical (unpaired) electrons. The van der Waals surface area contributed by atoms with E-state index in [0.717, 1.165) is 5.56 Å². The Morgan fingerprint density at radius 3 is 2.73 bits per heavy atom. The Morgan fingerprint density at radius 2 is 2.05 bits per heavy atom. The molecule has 108 valence electrons. The predicted molar refractivity (Wildman–Crippen MR) is 78.1 cm³/mol. The monoisotopic (exact) mass is 293 g/mol. The zero-order valence-corrected chi connectivity index (χ0v) is 11.4. The number of hydrogen-bond donors (Lipinski definition) is 2. The van der Waals surface area contributed by atoms with E-state index >= 15 is 0 Å². The Morgan fingerprint density at radius 1 is 1.27 bits per heavy atom. The molecule has 22 heavy (non-hydrogen) atoms. The first-order chi connectivity index (χ1) is 10.7. The number of nitrogens with one attached hydrogen (secondary N) is 1. The van der Waals surface area contributed by atoms with Gasteiger partial charge in [0.05, 0.1) is 17.2 Å². The number of oxime groups is 1. The molecule has 2 N–H and O–H groups in total. The summed E-state index contributed by atoms with van der Waals surface area (Å²) < 4.78 is 0. The summed E-state index contributed by atoms with van der Waals surface area (Å²) in [4.78, 5) is 16.3. The lowest BCUT2D eigenvalue weighted by molar-refractivity contribution is 0.0696. The molecule has 0 saturated carbocycles. The SMILES string of the molecule is N#Cc1ccc(C2NC(c3cccc(C(=O)O)c3)=NO2)cc1. The Hall–Kier alpha value is -3.33. The maximum atomic E-state index is 11.0. The number of carbonyl (C=O) groups is 1. The number of hydrogen-bond acceptors (Lipinski definition) is 5. The van der Waals surface area contributed by atoms with Crippen LogP contribution in [0.3, 0.4) is 0 Å². The van der Waals surface area contributed by atoms with Crippen molar-refractivity contribution in [3.8, 4) is 6.07 Å². The predicted octanol–water partition coefficient (Wildman–Crippen LogP) is 2.24. The normalized spacial score (nSPS) is 16.1. The van der Waals surface area contributed by atoms with Crippen LogP contribution < -0.4 is 5.32 Å². The molecule has 0 spiro atoms. The Balaban J connectivity index is 1.78. The summed E-state index contributed by atoms with van der Waals surface area (Å²) >= 11 is 0. The number of benzene rings is 2. The summed E-state index contributed by atoms with van der Waals surface area (Å²) in [6.07, 6.45) is -0.462. The van der Waals surface area contributed by atoms with Crippen molar-refractivity contribution in [2.24, 2.45) is 5.16 Å².